The molecule has 1 N–H and O–H groups in total. The highest BCUT2D eigenvalue weighted by Gasteiger charge is 2.26. The van der Waals surface area contributed by atoms with Gasteiger partial charge in [-0.3, -0.25) is 4.72 Å². The summed E-state index contributed by atoms with van der Waals surface area (Å²) < 4.78 is 31.2. The van der Waals surface area contributed by atoms with Crippen molar-refractivity contribution in [2.75, 3.05) is 31.2 Å². The Morgan fingerprint density at radius 2 is 1.72 bits per heavy atom. The molecule has 32 heavy (non-hydrogen) atoms. The molecule has 0 fully saturated rings. The summed E-state index contributed by atoms with van der Waals surface area (Å²) in [6.45, 7) is 6.90. The van der Waals surface area contributed by atoms with Gasteiger partial charge >= 0.3 is 0 Å². The van der Waals surface area contributed by atoms with Crippen LogP contribution in [0.25, 0.3) is 0 Å². The Hall–Kier alpha value is -2.05. The topological polar surface area (TPSA) is 58.6 Å². The second-order valence-electron chi connectivity index (χ2n) is 8.90. The van der Waals surface area contributed by atoms with Crippen LogP contribution < -0.4 is 9.46 Å². The van der Waals surface area contributed by atoms with Crippen molar-refractivity contribution in [2.45, 2.75) is 64.8 Å². The number of rotatable bonds is 11. The van der Waals surface area contributed by atoms with E-state index in [1.165, 1.54) is 54.6 Å². The molecule has 3 rings (SSSR count). The first-order valence-electron chi connectivity index (χ1n) is 11.8. The lowest BCUT2D eigenvalue weighted by molar-refractivity contribution is 0.179. The van der Waals surface area contributed by atoms with Gasteiger partial charge in [-0.25, -0.2) is 8.42 Å². The highest BCUT2D eigenvalue weighted by Crippen LogP contribution is 2.35. The number of benzene rings is 2. The van der Waals surface area contributed by atoms with Gasteiger partial charge in [0.25, 0.3) is 0 Å². The van der Waals surface area contributed by atoms with Crippen LogP contribution in [0, 0.1) is 0 Å². The quantitative estimate of drug-likeness (QED) is 0.524. The Bertz CT molecular complexity index is 981. The summed E-state index contributed by atoms with van der Waals surface area (Å²) in [7, 11) is -1.46. The second kappa shape index (κ2) is 11.2. The molecule has 5 nitrogen and oxygen atoms in total. The number of fused-ring (bicyclic) bond motifs is 1. The zero-order valence-electron chi connectivity index (χ0n) is 20.0. The Labute approximate surface area is 194 Å². The molecule has 1 aliphatic carbocycles. The van der Waals surface area contributed by atoms with Crippen molar-refractivity contribution in [1.82, 2.24) is 4.90 Å². The number of nitrogens with one attached hydrogen (secondary N) is 1. The molecular weight excluding hydrogens is 420 g/mol. The number of methoxy groups -OCH3 is 1. The molecule has 0 amide bonds. The van der Waals surface area contributed by atoms with Crippen LogP contribution >= 0.6 is 0 Å². The van der Waals surface area contributed by atoms with E-state index in [1.54, 1.807) is 7.11 Å². The second-order valence-corrected chi connectivity index (χ2v) is 10.6. The van der Waals surface area contributed by atoms with Crippen molar-refractivity contribution in [1.29, 1.82) is 0 Å². The number of hydrogen-bond acceptors (Lipinski definition) is 4. The SMILES string of the molecule is CCCN(CCC)[C@@H]1CCc2c(ccc(CCc3ccc(NS(C)(=O)=O)cc3)c2OC)C1. The van der Waals surface area contributed by atoms with Crippen LogP contribution in [0.5, 0.6) is 5.75 Å². The van der Waals surface area contributed by atoms with Crippen LogP contribution in [0.4, 0.5) is 5.69 Å². The van der Waals surface area contributed by atoms with E-state index in [0.29, 0.717) is 11.7 Å². The Balaban J connectivity index is 1.69. The van der Waals surface area contributed by atoms with Crippen molar-refractivity contribution in [3.63, 3.8) is 0 Å². The van der Waals surface area contributed by atoms with E-state index in [1.807, 2.05) is 24.3 Å². The number of hydrogen-bond donors (Lipinski definition) is 1. The predicted molar refractivity (Wildman–Crippen MR) is 133 cm³/mol. The first-order valence-corrected chi connectivity index (χ1v) is 13.7. The predicted octanol–water partition coefficient (Wildman–Crippen LogP) is 4.83. The van der Waals surface area contributed by atoms with Crippen molar-refractivity contribution < 1.29 is 13.2 Å². The van der Waals surface area contributed by atoms with E-state index < -0.39 is 10.0 Å². The molecule has 0 bridgehead atoms. The third-order valence-corrected chi connectivity index (χ3v) is 6.91. The molecule has 0 aromatic heterocycles. The molecule has 0 aliphatic heterocycles. The molecule has 0 saturated carbocycles. The fourth-order valence-corrected chi connectivity index (χ4v) is 5.46. The summed E-state index contributed by atoms with van der Waals surface area (Å²) in [6, 6.07) is 12.8. The van der Waals surface area contributed by atoms with Gasteiger partial charge in [-0.2, -0.15) is 0 Å². The third-order valence-electron chi connectivity index (χ3n) is 6.30. The fraction of sp³-hybridized carbons (Fsp3) is 0.538. The molecule has 1 atom stereocenters. The van der Waals surface area contributed by atoms with Crippen molar-refractivity contribution in [3.05, 3.63) is 58.7 Å². The molecule has 0 saturated heterocycles. The lowest BCUT2D eigenvalue weighted by atomic mass is 9.84. The summed E-state index contributed by atoms with van der Waals surface area (Å²) in [5, 5.41) is 0. The molecule has 0 spiro atoms. The summed E-state index contributed by atoms with van der Waals surface area (Å²) in [5.74, 6) is 1.06. The summed E-state index contributed by atoms with van der Waals surface area (Å²) in [5.41, 5.74) is 5.86. The minimum absolute atomic E-state index is 0.595. The third kappa shape index (κ3) is 6.48. The van der Waals surface area contributed by atoms with Crippen LogP contribution in [0.2, 0.25) is 0 Å². The van der Waals surface area contributed by atoms with E-state index in [2.05, 4.69) is 35.6 Å². The number of anilines is 1. The lowest BCUT2D eigenvalue weighted by Gasteiger charge is -2.35. The molecule has 2 aromatic carbocycles. The van der Waals surface area contributed by atoms with E-state index >= 15 is 0 Å². The van der Waals surface area contributed by atoms with Gasteiger partial charge in [-0.05, 0) is 92.4 Å². The zero-order chi connectivity index (χ0) is 23.1. The van der Waals surface area contributed by atoms with Gasteiger partial charge in [0.1, 0.15) is 5.75 Å². The van der Waals surface area contributed by atoms with Gasteiger partial charge in [-0.15, -0.1) is 0 Å². The number of aryl methyl sites for hydroxylation is 2. The van der Waals surface area contributed by atoms with E-state index in [9.17, 15) is 8.42 Å². The van der Waals surface area contributed by atoms with Crippen LogP contribution in [0.1, 0.15) is 55.4 Å². The molecule has 0 heterocycles. The molecular formula is C26H38N2O3S. The Kier molecular flexibility index (Phi) is 8.60. The minimum Gasteiger partial charge on any atom is -0.496 e. The largest absolute Gasteiger partial charge is 0.496 e. The standard InChI is InChI=1S/C26H38N2O3S/c1-5-17-28(18-6-2)24-15-16-25-22(19-24)12-11-21(26(25)31-3)10-7-20-8-13-23(14-9-20)27-32(4,29)30/h8-9,11-14,24,27H,5-7,10,15-19H2,1-4H3/t24-/m1/s1. The molecule has 0 radical (unpaired) electrons. The van der Waals surface area contributed by atoms with E-state index in [-0.39, 0.29) is 0 Å². The maximum atomic E-state index is 11.4. The maximum Gasteiger partial charge on any atom is 0.229 e. The molecule has 176 valence electrons. The number of nitrogens with zero attached hydrogens (tertiary/aromatic N) is 1. The van der Waals surface area contributed by atoms with Gasteiger partial charge in [-0.1, -0.05) is 38.1 Å². The van der Waals surface area contributed by atoms with E-state index in [0.717, 1.165) is 37.7 Å². The van der Waals surface area contributed by atoms with Crippen LogP contribution in [0.15, 0.2) is 36.4 Å². The highest BCUT2D eigenvalue weighted by atomic mass is 32.2. The van der Waals surface area contributed by atoms with Gasteiger partial charge in [0.15, 0.2) is 0 Å². The Morgan fingerprint density at radius 1 is 1.03 bits per heavy atom. The summed E-state index contributed by atoms with van der Waals surface area (Å²) >= 11 is 0. The van der Waals surface area contributed by atoms with Crippen molar-refractivity contribution >= 4 is 15.7 Å². The fourth-order valence-electron chi connectivity index (χ4n) is 4.90. The van der Waals surface area contributed by atoms with Gasteiger partial charge in [0.2, 0.25) is 10.0 Å². The summed E-state index contributed by atoms with van der Waals surface area (Å²) in [6.07, 6.45) is 8.74. The maximum absolute atomic E-state index is 11.4. The molecule has 1 aliphatic rings. The van der Waals surface area contributed by atoms with Crippen molar-refractivity contribution in [3.8, 4) is 5.75 Å². The lowest BCUT2D eigenvalue weighted by Crippen LogP contribution is -2.40. The van der Waals surface area contributed by atoms with Crippen molar-refractivity contribution in [2.24, 2.45) is 0 Å². The average Bonchev–Trinajstić information content (AvgIpc) is 2.76. The van der Waals surface area contributed by atoms with Crippen LogP contribution in [-0.2, 0) is 35.7 Å². The highest BCUT2D eigenvalue weighted by molar-refractivity contribution is 7.92. The van der Waals surface area contributed by atoms with E-state index in [4.69, 9.17) is 4.74 Å². The van der Waals surface area contributed by atoms with Gasteiger partial charge in [0.05, 0.1) is 13.4 Å². The Morgan fingerprint density at radius 3 is 2.31 bits per heavy atom. The first kappa shape index (κ1) is 24.6. The molecule has 6 heteroatoms. The van der Waals surface area contributed by atoms with Gasteiger partial charge < -0.3 is 9.64 Å². The average molecular weight is 459 g/mol. The van der Waals surface area contributed by atoms with Crippen LogP contribution in [0.3, 0.4) is 0 Å². The number of sulfonamides is 1. The zero-order valence-corrected chi connectivity index (χ0v) is 20.8. The molecule has 2 aromatic rings. The summed E-state index contributed by atoms with van der Waals surface area (Å²) in [4.78, 5) is 2.67. The first-order chi connectivity index (χ1) is 15.3. The van der Waals surface area contributed by atoms with Crippen LogP contribution in [-0.4, -0.2) is 45.8 Å². The monoisotopic (exact) mass is 458 g/mol. The molecule has 0 unspecified atom stereocenters. The van der Waals surface area contributed by atoms with Gasteiger partial charge in [0, 0.05) is 11.7 Å². The number of ether oxygens (including phenoxy) is 1. The minimum atomic E-state index is -3.25. The smallest absolute Gasteiger partial charge is 0.229 e. The normalized spacial score (nSPS) is 16.1.